The normalized spacial score (nSPS) is 19.2. The first-order valence-electron chi connectivity index (χ1n) is 10.9. The zero-order valence-corrected chi connectivity index (χ0v) is 20.2. The van der Waals surface area contributed by atoms with E-state index in [1.165, 1.54) is 0 Å². The minimum atomic E-state index is -0.834. The molecule has 0 unspecified atom stereocenters. The largest absolute Gasteiger partial charge is 0.364 e. The Balaban J connectivity index is 2.11. The van der Waals surface area contributed by atoms with Gasteiger partial charge in [-0.25, -0.2) is 20.4 Å². The number of nitrogens with zero attached hydrogens (tertiary/aromatic N) is 2. The van der Waals surface area contributed by atoms with Gasteiger partial charge in [0, 0.05) is 14.1 Å². The van der Waals surface area contributed by atoms with Gasteiger partial charge in [-0.05, 0) is 75.8 Å². The van der Waals surface area contributed by atoms with Crippen LogP contribution in [0, 0.1) is 0 Å². The summed E-state index contributed by atoms with van der Waals surface area (Å²) in [7, 11) is 3.31. The van der Waals surface area contributed by atoms with Crippen LogP contribution in [-0.4, -0.2) is 47.7 Å². The van der Waals surface area contributed by atoms with Crippen LogP contribution in [0.1, 0.15) is 64.2 Å². The predicted molar refractivity (Wildman–Crippen MR) is 129 cm³/mol. The summed E-state index contributed by atoms with van der Waals surface area (Å²) < 4.78 is 0. The maximum Gasteiger partial charge on any atom is 0.335 e. The van der Waals surface area contributed by atoms with Crippen molar-refractivity contribution in [3.63, 3.8) is 0 Å². The molecule has 0 bridgehead atoms. The number of azo groups is 1. The molecule has 0 aromatic heterocycles. The second-order valence-electron chi connectivity index (χ2n) is 7.95. The van der Waals surface area contributed by atoms with Crippen LogP contribution in [-0.2, 0) is 0 Å². The van der Waals surface area contributed by atoms with Crippen molar-refractivity contribution in [3.8, 4) is 0 Å². The van der Waals surface area contributed by atoms with Gasteiger partial charge in [-0.15, -0.1) is 0 Å². The van der Waals surface area contributed by atoms with Crippen molar-refractivity contribution in [1.29, 1.82) is 0 Å². The summed E-state index contributed by atoms with van der Waals surface area (Å²) in [4.78, 5) is 24.9. The third kappa shape index (κ3) is 8.22. The molecule has 2 aliphatic rings. The standard InChI is InChI=1S/C18H34N10O2S2/c1-19-15(31)25-23-13(29)21-17(9-5-3-6-10-17)27-28-18(11-7-4-8-12-18)22-14(30)24-26-16(32)20-2/h3-12H2,1-2H3,(H2,19,25,31)(H2,20,26,32)(H2,21,23,29)(H2,22,24,30). The van der Waals surface area contributed by atoms with Crippen LogP contribution in [0.25, 0.3) is 0 Å². The van der Waals surface area contributed by atoms with Crippen molar-refractivity contribution >= 4 is 46.7 Å². The summed E-state index contributed by atoms with van der Waals surface area (Å²) in [5, 5.41) is 21.2. The highest BCUT2D eigenvalue weighted by atomic mass is 32.1. The topological polar surface area (TPSA) is 155 Å². The highest BCUT2D eigenvalue weighted by Crippen LogP contribution is 2.34. The molecule has 0 heterocycles. The second-order valence-corrected chi connectivity index (χ2v) is 8.77. The first-order chi connectivity index (χ1) is 15.3. The lowest BCUT2D eigenvalue weighted by atomic mass is 9.88. The van der Waals surface area contributed by atoms with Crippen LogP contribution in [0.3, 0.4) is 0 Å². The molecule has 2 saturated carbocycles. The van der Waals surface area contributed by atoms with E-state index in [2.05, 4.69) is 53.2 Å². The van der Waals surface area contributed by atoms with Crippen LogP contribution in [0.5, 0.6) is 0 Å². The Kier molecular flexibility index (Phi) is 10.1. The SMILES string of the molecule is CNC(=S)NNC(=O)NC1(N=NC2(NC(=O)NNC(=S)NC)CCCCC2)CCCCC1. The summed E-state index contributed by atoms with van der Waals surface area (Å²) in [6.45, 7) is 0. The third-order valence-electron chi connectivity index (χ3n) is 5.52. The lowest BCUT2D eigenvalue weighted by Gasteiger charge is -2.37. The fraction of sp³-hybridized carbons (Fsp3) is 0.778. The second kappa shape index (κ2) is 12.5. The van der Waals surface area contributed by atoms with E-state index in [1.807, 2.05) is 0 Å². The number of thiocarbonyl (C=S) groups is 2. The van der Waals surface area contributed by atoms with Gasteiger partial charge in [0.1, 0.15) is 0 Å². The zero-order chi connectivity index (χ0) is 23.5. The van der Waals surface area contributed by atoms with E-state index in [9.17, 15) is 9.59 Å². The van der Waals surface area contributed by atoms with E-state index in [4.69, 9.17) is 24.4 Å². The van der Waals surface area contributed by atoms with Crippen molar-refractivity contribution in [2.24, 2.45) is 10.2 Å². The monoisotopic (exact) mass is 486 g/mol. The van der Waals surface area contributed by atoms with E-state index in [-0.39, 0.29) is 0 Å². The summed E-state index contributed by atoms with van der Waals surface area (Å²) in [5.74, 6) is 0. The van der Waals surface area contributed by atoms with E-state index in [1.54, 1.807) is 14.1 Å². The Morgan fingerprint density at radius 3 is 1.28 bits per heavy atom. The van der Waals surface area contributed by atoms with Crippen molar-refractivity contribution in [2.45, 2.75) is 75.5 Å². The molecule has 2 aliphatic carbocycles. The molecule has 2 rings (SSSR count). The van der Waals surface area contributed by atoms with Crippen molar-refractivity contribution in [2.75, 3.05) is 14.1 Å². The van der Waals surface area contributed by atoms with Crippen LogP contribution in [0.4, 0.5) is 9.59 Å². The van der Waals surface area contributed by atoms with Crippen molar-refractivity contribution in [3.05, 3.63) is 0 Å². The lowest BCUT2D eigenvalue weighted by molar-refractivity contribution is 0.176. The average molecular weight is 487 g/mol. The molecule has 0 saturated heterocycles. The number of carbonyl (C=O) groups is 2. The maximum absolute atomic E-state index is 12.4. The minimum absolute atomic E-state index is 0.294. The molecule has 0 aliphatic heterocycles. The third-order valence-corrected chi connectivity index (χ3v) is 6.13. The van der Waals surface area contributed by atoms with Gasteiger partial charge in [0.15, 0.2) is 21.6 Å². The molecule has 0 atom stereocenters. The number of carbonyl (C=O) groups excluding carboxylic acids is 2. The molecular formula is C18H34N10O2S2. The van der Waals surface area contributed by atoms with Gasteiger partial charge in [0.2, 0.25) is 0 Å². The van der Waals surface area contributed by atoms with E-state index in [0.717, 1.165) is 38.5 Å². The Labute approximate surface area is 199 Å². The van der Waals surface area contributed by atoms with Crippen LogP contribution in [0.15, 0.2) is 10.2 Å². The van der Waals surface area contributed by atoms with Gasteiger partial charge in [-0.3, -0.25) is 10.9 Å². The van der Waals surface area contributed by atoms with Gasteiger partial charge in [0.05, 0.1) is 0 Å². The zero-order valence-electron chi connectivity index (χ0n) is 18.6. The van der Waals surface area contributed by atoms with Gasteiger partial charge < -0.3 is 21.3 Å². The quantitative estimate of drug-likeness (QED) is 0.168. The smallest absolute Gasteiger partial charge is 0.335 e. The Morgan fingerprint density at radius 1 is 0.625 bits per heavy atom. The molecular weight excluding hydrogens is 452 g/mol. The highest BCUT2D eigenvalue weighted by molar-refractivity contribution is 7.80. The molecule has 12 nitrogen and oxygen atoms in total. The van der Waals surface area contributed by atoms with Crippen LogP contribution >= 0.6 is 24.4 Å². The van der Waals surface area contributed by atoms with E-state index < -0.39 is 23.4 Å². The molecule has 0 spiro atoms. The Morgan fingerprint density at radius 2 is 0.969 bits per heavy atom. The fourth-order valence-electron chi connectivity index (χ4n) is 3.80. The maximum atomic E-state index is 12.4. The van der Waals surface area contributed by atoms with Crippen LogP contribution in [0.2, 0.25) is 0 Å². The average Bonchev–Trinajstić information content (AvgIpc) is 2.81. The van der Waals surface area contributed by atoms with Gasteiger partial charge in [0.25, 0.3) is 0 Å². The van der Waals surface area contributed by atoms with E-state index in [0.29, 0.717) is 35.9 Å². The van der Waals surface area contributed by atoms with Gasteiger partial charge >= 0.3 is 12.1 Å². The summed E-state index contributed by atoms with van der Waals surface area (Å²) in [6.07, 6.45) is 8.52. The van der Waals surface area contributed by atoms with Gasteiger partial charge in [-0.2, -0.15) is 10.2 Å². The first-order valence-corrected chi connectivity index (χ1v) is 11.7. The molecule has 0 radical (unpaired) electrons. The Hall–Kier alpha value is -2.48. The number of urea groups is 2. The number of rotatable bonds is 4. The lowest BCUT2D eigenvalue weighted by Crippen LogP contribution is -2.58. The van der Waals surface area contributed by atoms with Crippen molar-refractivity contribution in [1.82, 2.24) is 43.0 Å². The molecule has 180 valence electrons. The molecule has 0 aromatic rings. The molecule has 32 heavy (non-hydrogen) atoms. The van der Waals surface area contributed by atoms with Crippen molar-refractivity contribution < 1.29 is 9.59 Å². The number of amides is 4. The molecule has 2 fully saturated rings. The molecule has 14 heteroatoms. The minimum Gasteiger partial charge on any atom is -0.364 e. The fourth-order valence-corrected chi connectivity index (χ4v) is 3.90. The van der Waals surface area contributed by atoms with Gasteiger partial charge in [-0.1, -0.05) is 12.8 Å². The molecule has 4 amide bonds. The predicted octanol–water partition coefficient (Wildman–Crippen LogP) is 1.38. The van der Waals surface area contributed by atoms with E-state index >= 15 is 0 Å². The summed E-state index contributed by atoms with van der Waals surface area (Å²) in [5.41, 5.74) is 8.55. The van der Waals surface area contributed by atoms with Crippen LogP contribution < -0.4 is 43.0 Å². The number of hydrazine groups is 2. The number of hydrogen-bond donors (Lipinski definition) is 8. The first kappa shape index (κ1) is 25.8. The summed E-state index contributed by atoms with van der Waals surface area (Å²) >= 11 is 9.94. The number of nitrogens with one attached hydrogen (secondary N) is 8. The Bertz CT molecular complexity index is 648. The highest BCUT2D eigenvalue weighted by Gasteiger charge is 2.38. The molecule has 0 aromatic carbocycles. The number of hydrogen-bond acceptors (Lipinski definition) is 6. The summed E-state index contributed by atoms with van der Waals surface area (Å²) in [6, 6.07) is -0.895. The molecule has 8 N–H and O–H groups in total.